The minimum atomic E-state index is -0.600. The number of aryl methyl sites for hydroxylation is 4. The molecule has 1 aromatic heterocycles. The zero-order chi connectivity index (χ0) is 13.4. The van der Waals surface area contributed by atoms with E-state index in [1.54, 1.807) is 0 Å². The lowest BCUT2D eigenvalue weighted by molar-refractivity contribution is 0.218. The fourth-order valence-corrected chi connectivity index (χ4v) is 2.52. The topological polar surface area (TPSA) is 38.1 Å². The van der Waals surface area contributed by atoms with Crippen molar-refractivity contribution in [2.45, 2.75) is 33.8 Å². The molecule has 18 heavy (non-hydrogen) atoms. The summed E-state index contributed by atoms with van der Waals surface area (Å²) in [6.45, 7) is 8.02. The van der Waals surface area contributed by atoms with Crippen molar-refractivity contribution in [2.24, 2.45) is 7.05 Å². The number of aliphatic hydroxyl groups excluding tert-OH is 1. The van der Waals surface area contributed by atoms with Gasteiger partial charge in [0, 0.05) is 18.3 Å². The van der Waals surface area contributed by atoms with E-state index in [9.17, 15) is 5.11 Å². The van der Waals surface area contributed by atoms with Gasteiger partial charge in [-0.3, -0.25) is 4.68 Å². The molecule has 96 valence electrons. The van der Waals surface area contributed by atoms with E-state index in [2.05, 4.69) is 11.2 Å². The van der Waals surface area contributed by atoms with Gasteiger partial charge in [-0.25, -0.2) is 0 Å². The van der Waals surface area contributed by atoms with Crippen molar-refractivity contribution in [3.8, 4) is 0 Å². The van der Waals surface area contributed by atoms with Crippen LogP contribution in [0, 0.1) is 27.7 Å². The highest BCUT2D eigenvalue weighted by Gasteiger charge is 2.19. The van der Waals surface area contributed by atoms with Crippen molar-refractivity contribution >= 4 is 0 Å². The van der Waals surface area contributed by atoms with Crippen molar-refractivity contribution in [1.29, 1.82) is 0 Å². The molecule has 3 heteroatoms. The number of aliphatic hydroxyl groups is 1. The molecule has 1 N–H and O–H groups in total. The van der Waals surface area contributed by atoms with Gasteiger partial charge in [0.1, 0.15) is 6.10 Å². The molecule has 2 aromatic rings. The van der Waals surface area contributed by atoms with Gasteiger partial charge in [-0.2, -0.15) is 5.10 Å². The van der Waals surface area contributed by atoms with Gasteiger partial charge in [0.15, 0.2) is 0 Å². The van der Waals surface area contributed by atoms with Crippen LogP contribution in [0.5, 0.6) is 0 Å². The second-order valence-electron chi connectivity index (χ2n) is 5.03. The second-order valence-corrected chi connectivity index (χ2v) is 5.03. The maximum atomic E-state index is 10.6. The standard InChI is InChI=1S/C15H20N2O/c1-9-6-10(2)8-13(7-9)15(18)14-11(3)16-17(5)12(14)4/h6-8,15,18H,1-5H3. The first-order valence-electron chi connectivity index (χ1n) is 6.16. The molecule has 0 amide bonds. The lowest BCUT2D eigenvalue weighted by Gasteiger charge is -2.13. The zero-order valence-corrected chi connectivity index (χ0v) is 11.7. The number of benzene rings is 1. The summed E-state index contributed by atoms with van der Waals surface area (Å²) in [6, 6.07) is 6.17. The largest absolute Gasteiger partial charge is 0.384 e. The van der Waals surface area contributed by atoms with Crippen LogP contribution in [0.4, 0.5) is 0 Å². The minimum absolute atomic E-state index is 0.600. The van der Waals surface area contributed by atoms with E-state index in [1.165, 1.54) is 11.1 Å². The monoisotopic (exact) mass is 244 g/mol. The molecule has 1 atom stereocenters. The third kappa shape index (κ3) is 2.18. The molecule has 0 aliphatic rings. The van der Waals surface area contributed by atoms with Crippen LogP contribution in [-0.2, 0) is 7.05 Å². The fourth-order valence-electron chi connectivity index (χ4n) is 2.52. The number of hydrogen-bond acceptors (Lipinski definition) is 2. The normalized spacial score (nSPS) is 12.8. The maximum absolute atomic E-state index is 10.6. The first-order valence-corrected chi connectivity index (χ1v) is 6.16. The zero-order valence-electron chi connectivity index (χ0n) is 11.7. The molecule has 0 bridgehead atoms. The van der Waals surface area contributed by atoms with Crippen LogP contribution in [0.25, 0.3) is 0 Å². The Balaban J connectivity index is 2.50. The molecule has 0 saturated heterocycles. The Morgan fingerprint density at radius 3 is 2.06 bits per heavy atom. The molecule has 0 radical (unpaired) electrons. The molecule has 2 rings (SSSR count). The fraction of sp³-hybridized carbons (Fsp3) is 0.400. The van der Waals surface area contributed by atoms with Gasteiger partial charge in [0.05, 0.1) is 5.69 Å². The summed E-state index contributed by atoms with van der Waals surface area (Å²) < 4.78 is 1.82. The van der Waals surface area contributed by atoms with Gasteiger partial charge in [-0.1, -0.05) is 29.3 Å². The molecule has 1 unspecified atom stereocenters. The predicted octanol–water partition coefficient (Wildman–Crippen LogP) is 2.74. The minimum Gasteiger partial charge on any atom is -0.384 e. The van der Waals surface area contributed by atoms with E-state index in [1.807, 2.05) is 51.6 Å². The van der Waals surface area contributed by atoms with E-state index in [4.69, 9.17) is 0 Å². The van der Waals surface area contributed by atoms with Crippen LogP contribution in [-0.4, -0.2) is 14.9 Å². The highest BCUT2D eigenvalue weighted by atomic mass is 16.3. The Bertz CT molecular complexity index is 564. The van der Waals surface area contributed by atoms with Crippen LogP contribution >= 0.6 is 0 Å². The Morgan fingerprint density at radius 2 is 1.61 bits per heavy atom. The summed E-state index contributed by atoms with van der Waals surface area (Å²) in [5.41, 5.74) is 6.10. The number of nitrogens with zero attached hydrogens (tertiary/aromatic N) is 2. The summed E-state index contributed by atoms with van der Waals surface area (Å²) in [5.74, 6) is 0. The second kappa shape index (κ2) is 4.58. The molecule has 0 spiro atoms. The van der Waals surface area contributed by atoms with Crippen LogP contribution < -0.4 is 0 Å². The Labute approximate surface area is 108 Å². The summed E-state index contributed by atoms with van der Waals surface area (Å²) in [4.78, 5) is 0. The molecule has 0 aliphatic heterocycles. The molecule has 1 aromatic carbocycles. The van der Waals surface area contributed by atoms with Crippen LogP contribution in [0.2, 0.25) is 0 Å². The van der Waals surface area contributed by atoms with Gasteiger partial charge in [-0.15, -0.1) is 0 Å². The van der Waals surface area contributed by atoms with Crippen LogP contribution in [0.15, 0.2) is 18.2 Å². The molecule has 3 nitrogen and oxygen atoms in total. The maximum Gasteiger partial charge on any atom is 0.108 e. The molecular formula is C15H20N2O. The number of rotatable bonds is 2. The van der Waals surface area contributed by atoms with Gasteiger partial charge >= 0.3 is 0 Å². The van der Waals surface area contributed by atoms with E-state index in [0.717, 1.165) is 22.5 Å². The molecule has 0 saturated carbocycles. The lowest BCUT2D eigenvalue weighted by atomic mass is 9.97. The van der Waals surface area contributed by atoms with Crippen LogP contribution in [0.1, 0.15) is 39.7 Å². The predicted molar refractivity (Wildman–Crippen MR) is 72.7 cm³/mol. The Kier molecular flexibility index (Phi) is 3.26. The van der Waals surface area contributed by atoms with Crippen molar-refractivity contribution in [2.75, 3.05) is 0 Å². The summed E-state index contributed by atoms with van der Waals surface area (Å²) in [5, 5.41) is 14.9. The van der Waals surface area contributed by atoms with E-state index < -0.39 is 6.10 Å². The first-order chi connectivity index (χ1) is 8.40. The Hall–Kier alpha value is -1.61. The van der Waals surface area contributed by atoms with Crippen molar-refractivity contribution in [1.82, 2.24) is 9.78 Å². The SMILES string of the molecule is Cc1cc(C)cc(C(O)c2c(C)nn(C)c2C)c1. The highest BCUT2D eigenvalue weighted by Crippen LogP contribution is 2.28. The molecule has 0 aliphatic carbocycles. The smallest absolute Gasteiger partial charge is 0.108 e. The summed E-state index contributed by atoms with van der Waals surface area (Å²) >= 11 is 0. The molecule has 0 fully saturated rings. The molecular weight excluding hydrogens is 224 g/mol. The van der Waals surface area contributed by atoms with Crippen molar-refractivity contribution in [3.63, 3.8) is 0 Å². The highest BCUT2D eigenvalue weighted by molar-refractivity contribution is 5.38. The third-order valence-electron chi connectivity index (χ3n) is 3.40. The lowest BCUT2D eigenvalue weighted by Crippen LogP contribution is -2.04. The summed E-state index contributed by atoms with van der Waals surface area (Å²) in [6.07, 6.45) is -0.600. The third-order valence-corrected chi connectivity index (χ3v) is 3.40. The quantitative estimate of drug-likeness (QED) is 0.882. The average Bonchev–Trinajstić information content (AvgIpc) is 2.51. The average molecular weight is 244 g/mol. The van der Waals surface area contributed by atoms with E-state index in [-0.39, 0.29) is 0 Å². The Morgan fingerprint density at radius 1 is 1.06 bits per heavy atom. The van der Waals surface area contributed by atoms with Crippen molar-refractivity contribution < 1.29 is 5.11 Å². The van der Waals surface area contributed by atoms with Crippen LogP contribution in [0.3, 0.4) is 0 Å². The molecule has 1 heterocycles. The first kappa shape index (κ1) is 12.8. The summed E-state index contributed by atoms with van der Waals surface area (Å²) in [7, 11) is 1.90. The van der Waals surface area contributed by atoms with Gasteiger partial charge in [-0.05, 0) is 33.3 Å². The van der Waals surface area contributed by atoms with Gasteiger partial charge < -0.3 is 5.11 Å². The van der Waals surface area contributed by atoms with E-state index >= 15 is 0 Å². The van der Waals surface area contributed by atoms with Crippen molar-refractivity contribution in [3.05, 3.63) is 51.8 Å². The number of aromatic nitrogens is 2. The van der Waals surface area contributed by atoms with Gasteiger partial charge in [0.2, 0.25) is 0 Å². The van der Waals surface area contributed by atoms with E-state index in [0.29, 0.717) is 0 Å². The number of hydrogen-bond donors (Lipinski definition) is 1. The van der Waals surface area contributed by atoms with Gasteiger partial charge in [0.25, 0.3) is 0 Å².